The Balaban J connectivity index is 1.78. The van der Waals surface area contributed by atoms with Crippen molar-refractivity contribution in [1.82, 2.24) is 14.5 Å². The number of aromatic nitrogens is 3. The molecule has 1 aliphatic heterocycles. The van der Waals surface area contributed by atoms with Gasteiger partial charge in [0, 0.05) is 10.6 Å². The number of rotatable bonds is 4. The Labute approximate surface area is 153 Å². The zero-order chi connectivity index (χ0) is 17.6. The highest BCUT2D eigenvalue weighted by atomic mass is 35.5. The van der Waals surface area contributed by atoms with E-state index < -0.39 is 5.60 Å². The van der Waals surface area contributed by atoms with Crippen molar-refractivity contribution in [3.05, 3.63) is 81.6 Å². The van der Waals surface area contributed by atoms with Crippen LogP contribution < -0.4 is 5.84 Å². The first kappa shape index (κ1) is 16.3. The molecular weight excluding hydrogens is 363 g/mol. The van der Waals surface area contributed by atoms with Crippen molar-refractivity contribution in [3.63, 3.8) is 0 Å². The Morgan fingerprint density at radius 1 is 1.24 bits per heavy atom. The lowest BCUT2D eigenvalue weighted by Crippen LogP contribution is -2.21. The van der Waals surface area contributed by atoms with Crippen molar-refractivity contribution in [3.8, 4) is 0 Å². The Bertz CT molecular complexity index is 987. The Morgan fingerprint density at radius 2 is 1.96 bits per heavy atom. The van der Waals surface area contributed by atoms with Gasteiger partial charge in [-0.3, -0.25) is 0 Å². The molecule has 5 nitrogen and oxygen atoms in total. The number of nitrogens with two attached hydrogens (primary N) is 1. The van der Waals surface area contributed by atoms with Gasteiger partial charge < -0.3 is 10.6 Å². The lowest BCUT2D eigenvalue weighted by atomic mass is 9.91. The van der Waals surface area contributed by atoms with Crippen LogP contribution in [0.1, 0.15) is 17.2 Å². The van der Waals surface area contributed by atoms with E-state index in [-0.39, 0.29) is 11.9 Å². The number of halogens is 2. The van der Waals surface area contributed by atoms with Crippen LogP contribution in [0.5, 0.6) is 0 Å². The molecule has 2 aromatic carbocycles. The van der Waals surface area contributed by atoms with Crippen LogP contribution in [0.25, 0.3) is 0 Å². The SMILES string of the molecule is Nn1cnn(C[C@@]2(c3ccc(F)cc3)O[C@@H]2c2ccccc2Cl)c1=S. The number of nitrogens with zero attached hydrogens (tertiary/aromatic N) is 3. The lowest BCUT2D eigenvalue weighted by Gasteiger charge is -2.14. The van der Waals surface area contributed by atoms with E-state index in [2.05, 4.69) is 5.10 Å². The standard InChI is InChI=1S/C17H14ClFN4OS/c18-14-4-2-1-3-13(14)15-17(24-15,11-5-7-12(19)8-6-11)9-23-16(25)22(20)10-21-23/h1-8,10,15H,9,20H2/t15-,17+/m1/s1. The summed E-state index contributed by atoms with van der Waals surface area (Å²) in [6.45, 7) is 0.345. The average Bonchev–Trinajstić information content (AvgIpc) is 3.25. The molecule has 0 bridgehead atoms. The quantitative estimate of drug-likeness (QED) is 0.429. The van der Waals surface area contributed by atoms with E-state index >= 15 is 0 Å². The van der Waals surface area contributed by atoms with Crippen LogP contribution in [0, 0.1) is 10.6 Å². The summed E-state index contributed by atoms with van der Waals surface area (Å²) in [4.78, 5) is 0. The zero-order valence-corrected chi connectivity index (χ0v) is 14.5. The number of nitrogen functional groups attached to an aromatic ring is 1. The van der Waals surface area contributed by atoms with E-state index in [1.165, 1.54) is 23.1 Å². The average molecular weight is 377 g/mol. The fourth-order valence-corrected chi connectivity index (χ4v) is 3.42. The minimum atomic E-state index is -0.731. The van der Waals surface area contributed by atoms with E-state index in [4.69, 9.17) is 34.4 Å². The van der Waals surface area contributed by atoms with Gasteiger partial charge in [-0.25, -0.2) is 13.7 Å². The maximum Gasteiger partial charge on any atom is 0.216 e. The van der Waals surface area contributed by atoms with E-state index in [0.29, 0.717) is 16.3 Å². The van der Waals surface area contributed by atoms with Crippen LogP contribution in [-0.4, -0.2) is 14.5 Å². The minimum Gasteiger partial charge on any atom is -0.354 e. The third kappa shape index (κ3) is 2.74. The highest BCUT2D eigenvalue weighted by molar-refractivity contribution is 7.71. The van der Waals surface area contributed by atoms with Gasteiger partial charge in [-0.1, -0.05) is 41.9 Å². The number of epoxide rings is 1. The molecule has 2 N–H and O–H groups in total. The zero-order valence-electron chi connectivity index (χ0n) is 13.0. The molecular formula is C17H14ClFN4OS. The van der Waals surface area contributed by atoms with Crippen LogP contribution in [-0.2, 0) is 16.9 Å². The highest BCUT2D eigenvalue weighted by Crippen LogP contribution is 2.59. The van der Waals surface area contributed by atoms with E-state index in [9.17, 15) is 4.39 Å². The van der Waals surface area contributed by atoms with Gasteiger partial charge >= 0.3 is 0 Å². The van der Waals surface area contributed by atoms with Gasteiger partial charge in [0.05, 0.1) is 6.54 Å². The fraction of sp³-hybridized carbons (Fsp3) is 0.176. The van der Waals surface area contributed by atoms with Crippen molar-refractivity contribution in [2.45, 2.75) is 18.2 Å². The van der Waals surface area contributed by atoms with Gasteiger partial charge in [0.15, 0.2) is 0 Å². The molecule has 128 valence electrons. The van der Waals surface area contributed by atoms with Gasteiger partial charge in [-0.2, -0.15) is 5.10 Å². The van der Waals surface area contributed by atoms with Gasteiger partial charge in [-0.05, 0) is 36.0 Å². The van der Waals surface area contributed by atoms with Gasteiger partial charge in [0.2, 0.25) is 4.77 Å². The molecule has 0 aliphatic carbocycles. The Kier molecular flexibility index (Phi) is 3.87. The predicted molar refractivity (Wildman–Crippen MR) is 94.6 cm³/mol. The van der Waals surface area contributed by atoms with E-state index in [0.717, 1.165) is 11.1 Å². The van der Waals surface area contributed by atoms with E-state index in [1.807, 2.05) is 24.3 Å². The summed E-state index contributed by atoms with van der Waals surface area (Å²) in [5, 5.41) is 4.81. The lowest BCUT2D eigenvalue weighted by molar-refractivity contribution is 0.261. The smallest absolute Gasteiger partial charge is 0.216 e. The van der Waals surface area contributed by atoms with Crippen LogP contribution in [0.15, 0.2) is 54.9 Å². The van der Waals surface area contributed by atoms with Crippen LogP contribution >= 0.6 is 23.8 Å². The summed E-state index contributed by atoms with van der Waals surface area (Å²) < 4.78 is 22.7. The summed E-state index contributed by atoms with van der Waals surface area (Å²) >= 11 is 11.6. The molecule has 2 heterocycles. The molecule has 2 atom stereocenters. The monoisotopic (exact) mass is 376 g/mol. The van der Waals surface area contributed by atoms with Gasteiger partial charge in [-0.15, -0.1) is 0 Å². The molecule has 1 aromatic heterocycles. The molecule has 0 saturated carbocycles. The fourth-order valence-electron chi connectivity index (χ4n) is 3.02. The van der Waals surface area contributed by atoms with Crippen LogP contribution in [0.4, 0.5) is 4.39 Å². The Hall–Kier alpha value is -2.22. The Morgan fingerprint density at radius 3 is 2.60 bits per heavy atom. The minimum absolute atomic E-state index is 0.281. The second kappa shape index (κ2) is 5.94. The van der Waals surface area contributed by atoms with Gasteiger partial charge in [0.25, 0.3) is 0 Å². The summed E-state index contributed by atoms with van der Waals surface area (Å²) in [5.41, 5.74) is 0.963. The molecule has 4 rings (SSSR count). The molecule has 0 unspecified atom stereocenters. The number of ether oxygens (including phenoxy) is 1. The highest BCUT2D eigenvalue weighted by Gasteiger charge is 2.59. The second-order valence-electron chi connectivity index (χ2n) is 5.89. The molecule has 1 saturated heterocycles. The molecule has 1 fully saturated rings. The predicted octanol–water partition coefficient (Wildman–Crippen LogP) is 3.59. The third-order valence-corrected chi connectivity index (χ3v) is 5.12. The van der Waals surface area contributed by atoms with E-state index in [1.54, 1.807) is 16.8 Å². The topological polar surface area (TPSA) is 61.3 Å². The summed E-state index contributed by atoms with van der Waals surface area (Å²) in [5.74, 6) is 5.42. The van der Waals surface area contributed by atoms with Gasteiger partial charge in [0.1, 0.15) is 23.8 Å². The largest absolute Gasteiger partial charge is 0.354 e. The number of hydrogen-bond acceptors (Lipinski definition) is 4. The molecule has 8 heteroatoms. The number of hydrogen-bond donors (Lipinski definition) is 1. The van der Waals surface area contributed by atoms with Crippen molar-refractivity contribution in [2.24, 2.45) is 0 Å². The first-order valence-corrected chi connectivity index (χ1v) is 8.38. The number of benzene rings is 2. The van der Waals surface area contributed by atoms with Crippen molar-refractivity contribution in [1.29, 1.82) is 0 Å². The molecule has 1 aliphatic rings. The van der Waals surface area contributed by atoms with Crippen LogP contribution in [0.2, 0.25) is 5.02 Å². The molecule has 3 aromatic rings. The second-order valence-corrected chi connectivity index (χ2v) is 6.67. The maximum absolute atomic E-state index is 13.4. The van der Waals surface area contributed by atoms with Crippen molar-refractivity contribution >= 4 is 23.8 Å². The first-order chi connectivity index (χ1) is 12.0. The normalized spacial score (nSPS) is 22.1. The first-order valence-electron chi connectivity index (χ1n) is 7.59. The third-order valence-electron chi connectivity index (χ3n) is 4.36. The molecule has 25 heavy (non-hydrogen) atoms. The summed E-state index contributed by atoms with van der Waals surface area (Å²) in [7, 11) is 0. The summed E-state index contributed by atoms with van der Waals surface area (Å²) in [6.07, 6.45) is 1.16. The van der Waals surface area contributed by atoms with Crippen molar-refractivity contribution in [2.75, 3.05) is 5.84 Å². The molecule has 0 spiro atoms. The molecule has 0 radical (unpaired) electrons. The van der Waals surface area contributed by atoms with Crippen molar-refractivity contribution < 1.29 is 9.13 Å². The maximum atomic E-state index is 13.4. The molecule has 0 amide bonds. The van der Waals surface area contributed by atoms with Crippen LogP contribution in [0.3, 0.4) is 0 Å². The summed E-state index contributed by atoms with van der Waals surface area (Å²) in [6, 6.07) is 13.7.